The summed E-state index contributed by atoms with van der Waals surface area (Å²) in [7, 11) is 1.40. The predicted octanol–water partition coefficient (Wildman–Crippen LogP) is 5.62. The highest BCUT2D eigenvalue weighted by Crippen LogP contribution is 2.35. The number of thiophene rings is 1. The number of fused-ring (bicyclic) bond motifs is 1. The Labute approximate surface area is 254 Å². The average molecular weight is 601 g/mol. The van der Waals surface area contributed by atoms with Crippen LogP contribution in [-0.2, 0) is 29.2 Å². The lowest BCUT2D eigenvalue weighted by Gasteiger charge is -2.32. The standard InChI is InChI=1S/C33H36N4O5S/c1-40-33(39)23-7-9-27-28(17-23)37(18-24-13-16-41-24)30(34-27)19-36-14-11-21(12-15-36)26-3-2-4-31(35-26)42-20-25-8-10-29(43-25)32(38)22-5-6-22/h2-4,7-10,17,21-22,24H,5-6,11-16,18-20H2,1H3/t24-/m0/s1. The molecule has 1 aliphatic carbocycles. The summed E-state index contributed by atoms with van der Waals surface area (Å²) in [6.45, 7) is 4.58. The first-order valence-electron chi connectivity index (χ1n) is 15.2. The van der Waals surface area contributed by atoms with Gasteiger partial charge in [-0.2, -0.15) is 0 Å². The number of Topliss-reactive ketones (excluding diaryl/α,β-unsaturated/α-hetero) is 1. The maximum atomic E-state index is 12.3. The molecule has 9 nitrogen and oxygen atoms in total. The molecule has 0 spiro atoms. The molecule has 1 aromatic carbocycles. The van der Waals surface area contributed by atoms with E-state index in [2.05, 4.69) is 15.5 Å². The molecule has 2 aliphatic heterocycles. The van der Waals surface area contributed by atoms with Crippen molar-refractivity contribution in [2.45, 2.75) is 63.8 Å². The van der Waals surface area contributed by atoms with Crippen molar-refractivity contribution in [3.63, 3.8) is 0 Å². The molecule has 3 aromatic heterocycles. The number of hydrogen-bond acceptors (Lipinski definition) is 9. The molecule has 43 heavy (non-hydrogen) atoms. The minimum absolute atomic E-state index is 0.177. The van der Waals surface area contributed by atoms with Crippen LogP contribution < -0.4 is 4.74 Å². The molecule has 3 aliphatic rings. The van der Waals surface area contributed by atoms with Crippen molar-refractivity contribution in [3.8, 4) is 5.88 Å². The van der Waals surface area contributed by atoms with Gasteiger partial charge in [0.25, 0.3) is 0 Å². The molecule has 10 heteroatoms. The van der Waals surface area contributed by atoms with Gasteiger partial charge in [-0.25, -0.2) is 14.8 Å². The van der Waals surface area contributed by atoms with Crippen LogP contribution in [0.4, 0.5) is 0 Å². The lowest BCUT2D eigenvalue weighted by Crippen LogP contribution is -2.35. The number of likely N-dealkylation sites (tertiary alicyclic amines) is 1. The summed E-state index contributed by atoms with van der Waals surface area (Å²) in [6, 6.07) is 15.5. The maximum Gasteiger partial charge on any atom is 0.337 e. The Morgan fingerprint density at radius 3 is 2.60 bits per heavy atom. The first kappa shape index (κ1) is 28.2. The molecular formula is C33H36N4O5S. The normalized spacial score (nSPS) is 19.3. The van der Waals surface area contributed by atoms with Crippen molar-refractivity contribution in [1.82, 2.24) is 19.4 Å². The first-order valence-corrected chi connectivity index (χ1v) is 16.0. The third-order valence-electron chi connectivity index (χ3n) is 8.76. The predicted molar refractivity (Wildman–Crippen MR) is 163 cm³/mol. The molecule has 4 aromatic rings. The molecule has 5 heterocycles. The molecule has 224 valence electrons. The summed E-state index contributed by atoms with van der Waals surface area (Å²) in [5, 5.41) is 0. The van der Waals surface area contributed by atoms with Gasteiger partial charge in [-0.15, -0.1) is 11.3 Å². The highest BCUT2D eigenvalue weighted by Gasteiger charge is 2.31. The molecule has 0 radical (unpaired) electrons. The largest absolute Gasteiger partial charge is 0.472 e. The molecule has 3 fully saturated rings. The Morgan fingerprint density at radius 1 is 1.02 bits per heavy atom. The zero-order valence-electron chi connectivity index (χ0n) is 24.4. The van der Waals surface area contributed by atoms with E-state index < -0.39 is 0 Å². The van der Waals surface area contributed by atoms with Crippen LogP contribution in [0.3, 0.4) is 0 Å². The van der Waals surface area contributed by atoms with Crippen LogP contribution in [0.1, 0.15) is 74.4 Å². The Morgan fingerprint density at radius 2 is 1.86 bits per heavy atom. The van der Waals surface area contributed by atoms with Crippen LogP contribution in [0.25, 0.3) is 11.0 Å². The number of imidazole rings is 1. The molecule has 1 saturated carbocycles. The lowest BCUT2D eigenvalue weighted by atomic mass is 9.93. The van der Waals surface area contributed by atoms with Gasteiger partial charge in [-0.1, -0.05) is 6.07 Å². The topological polar surface area (TPSA) is 95.8 Å². The van der Waals surface area contributed by atoms with E-state index in [9.17, 15) is 9.59 Å². The number of methoxy groups -OCH3 is 1. The van der Waals surface area contributed by atoms with E-state index >= 15 is 0 Å². The number of aromatic nitrogens is 3. The second-order valence-electron chi connectivity index (χ2n) is 11.8. The SMILES string of the molecule is COC(=O)c1ccc2nc(CN3CCC(c4cccc(OCc5ccc(C(=O)C6CC6)s5)n4)CC3)n(C[C@@H]3CCO3)c2c1. The quantitative estimate of drug-likeness (QED) is 0.162. The van der Waals surface area contributed by atoms with Crippen LogP contribution in [0.2, 0.25) is 0 Å². The van der Waals surface area contributed by atoms with E-state index in [1.54, 1.807) is 6.07 Å². The van der Waals surface area contributed by atoms with E-state index in [1.165, 1.54) is 18.4 Å². The molecule has 7 rings (SSSR count). The monoisotopic (exact) mass is 600 g/mol. The number of rotatable bonds is 11. The average Bonchev–Trinajstić information content (AvgIpc) is 3.67. The molecule has 0 amide bonds. The summed E-state index contributed by atoms with van der Waals surface area (Å²) >= 11 is 1.53. The number of pyridine rings is 1. The smallest absolute Gasteiger partial charge is 0.337 e. The molecule has 0 bridgehead atoms. The van der Waals surface area contributed by atoms with Crippen molar-refractivity contribution in [3.05, 3.63) is 75.4 Å². The van der Waals surface area contributed by atoms with Crippen molar-refractivity contribution >= 4 is 34.1 Å². The van der Waals surface area contributed by atoms with Crippen LogP contribution in [0.15, 0.2) is 48.5 Å². The fraction of sp³-hybridized carbons (Fsp3) is 0.455. The van der Waals surface area contributed by atoms with Gasteiger partial charge in [-0.05, 0) is 81.6 Å². The summed E-state index contributed by atoms with van der Waals surface area (Å²) in [4.78, 5) is 38.7. The maximum absolute atomic E-state index is 12.3. The lowest BCUT2D eigenvalue weighted by molar-refractivity contribution is -0.0592. The number of hydrogen-bond donors (Lipinski definition) is 0. The highest BCUT2D eigenvalue weighted by atomic mass is 32.1. The third kappa shape index (κ3) is 6.23. The summed E-state index contributed by atoms with van der Waals surface area (Å²) in [5.74, 6) is 2.16. The first-order chi connectivity index (χ1) is 21.0. The van der Waals surface area contributed by atoms with Crippen LogP contribution in [0, 0.1) is 5.92 Å². The Bertz CT molecular complexity index is 1630. The highest BCUT2D eigenvalue weighted by molar-refractivity contribution is 7.14. The van der Waals surface area contributed by atoms with Gasteiger partial charge in [0.05, 0.1) is 47.8 Å². The summed E-state index contributed by atoms with van der Waals surface area (Å²) in [5.41, 5.74) is 3.42. The number of piperidine rings is 1. The van der Waals surface area contributed by atoms with E-state index in [0.717, 1.165) is 97.2 Å². The molecule has 0 N–H and O–H groups in total. The number of carbonyl (C=O) groups is 2. The number of esters is 1. The number of carbonyl (C=O) groups excluding carboxylic acids is 2. The Hall–Kier alpha value is -3.60. The summed E-state index contributed by atoms with van der Waals surface area (Å²) in [6.07, 6.45) is 5.27. The second-order valence-corrected chi connectivity index (χ2v) is 12.9. The van der Waals surface area contributed by atoms with Crippen LogP contribution in [-0.4, -0.2) is 64.1 Å². The number of ether oxygens (including phenoxy) is 3. The number of nitrogens with zero attached hydrogens (tertiary/aromatic N) is 4. The van der Waals surface area contributed by atoms with Gasteiger partial charge < -0.3 is 18.8 Å². The van der Waals surface area contributed by atoms with E-state index in [1.807, 2.05) is 36.4 Å². The zero-order valence-corrected chi connectivity index (χ0v) is 25.2. The number of benzene rings is 1. The molecule has 1 atom stereocenters. The fourth-order valence-electron chi connectivity index (χ4n) is 5.98. The van der Waals surface area contributed by atoms with Crippen molar-refractivity contribution in [2.24, 2.45) is 5.92 Å². The van der Waals surface area contributed by atoms with Crippen LogP contribution in [0.5, 0.6) is 5.88 Å². The van der Waals surface area contributed by atoms with Gasteiger partial charge in [-0.3, -0.25) is 9.69 Å². The fourth-order valence-corrected chi connectivity index (χ4v) is 6.92. The number of ketones is 1. The Kier molecular flexibility index (Phi) is 7.99. The van der Waals surface area contributed by atoms with Gasteiger partial charge >= 0.3 is 5.97 Å². The van der Waals surface area contributed by atoms with Crippen molar-refractivity contribution in [1.29, 1.82) is 0 Å². The van der Waals surface area contributed by atoms with Gasteiger partial charge in [0.15, 0.2) is 5.78 Å². The van der Waals surface area contributed by atoms with E-state index in [-0.39, 0.29) is 23.8 Å². The van der Waals surface area contributed by atoms with Gasteiger partial charge in [0, 0.05) is 35.1 Å². The summed E-state index contributed by atoms with van der Waals surface area (Å²) < 4.78 is 19.0. The van der Waals surface area contributed by atoms with Crippen molar-refractivity contribution in [2.75, 3.05) is 26.8 Å². The van der Waals surface area contributed by atoms with E-state index in [4.69, 9.17) is 24.2 Å². The van der Waals surface area contributed by atoms with Gasteiger partial charge in [0.1, 0.15) is 12.4 Å². The van der Waals surface area contributed by atoms with Gasteiger partial charge in [0.2, 0.25) is 5.88 Å². The minimum Gasteiger partial charge on any atom is -0.472 e. The third-order valence-corrected chi connectivity index (χ3v) is 9.83. The zero-order chi connectivity index (χ0) is 29.3. The molecule has 2 saturated heterocycles. The van der Waals surface area contributed by atoms with Crippen LogP contribution >= 0.6 is 11.3 Å². The van der Waals surface area contributed by atoms with E-state index in [0.29, 0.717) is 24.0 Å². The molecule has 0 unspecified atom stereocenters. The van der Waals surface area contributed by atoms with Crippen molar-refractivity contribution < 1.29 is 23.8 Å². The molecular weight excluding hydrogens is 564 g/mol. The Balaban J connectivity index is 0.981. The minimum atomic E-state index is -0.345. The second kappa shape index (κ2) is 12.2.